The van der Waals surface area contributed by atoms with Gasteiger partial charge in [0, 0.05) is 17.9 Å². The number of carbonyl (C=O) groups is 2. The summed E-state index contributed by atoms with van der Waals surface area (Å²) in [5.41, 5.74) is 1.36. The van der Waals surface area contributed by atoms with Crippen molar-refractivity contribution in [1.82, 2.24) is 0 Å². The van der Waals surface area contributed by atoms with Crippen LogP contribution in [0.5, 0.6) is 0 Å². The second kappa shape index (κ2) is 7.94. The number of morpholine rings is 1. The normalized spacial score (nSPS) is 16.1. The van der Waals surface area contributed by atoms with Crippen LogP contribution in [0.1, 0.15) is 13.3 Å². The van der Waals surface area contributed by atoms with Gasteiger partial charge in [0.2, 0.25) is 0 Å². The minimum absolute atomic E-state index is 0.0821. The molecule has 1 aromatic rings. The summed E-state index contributed by atoms with van der Waals surface area (Å²) in [6.45, 7) is 3.09. The molecule has 0 radical (unpaired) electrons. The first-order valence-electron chi connectivity index (χ1n) is 7.58. The maximum Gasteiger partial charge on any atom is 0.414 e. The van der Waals surface area contributed by atoms with E-state index >= 15 is 0 Å². The molecule has 1 heterocycles. The predicted octanol–water partition coefficient (Wildman–Crippen LogP) is 1.39. The second-order valence-electron chi connectivity index (χ2n) is 5.26. The van der Waals surface area contributed by atoms with E-state index in [2.05, 4.69) is 0 Å². The monoisotopic (exact) mass is 322 g/mol. The topological polar surface area (TPSA) is 79.3 Å². The van der Waals surface area contributed by atoms with Crippen LogP contribution in [0.25, 0.3) is 0 Å². The van der Waals surface area contributed by atoms with Gasteiger partial charge >= 0.3 is 6.09 Å². The Morgan fingerprint density at radius 3 is 2.70 bits per heavy atom. The fraction of sp³-hybridized carbons (Fsp3) is 0.500. The quantitative estimate of drug-likeness (QED) is 0.886. The molecule has 126 valence electrons. The van der Waals surface area contributed by atoms with E-state index in [1.807, 2.05) is 6.92 Å². The molecular weight excluding hydrogens is 300 g/mol. The lowest BCUT2D eigenvalue weighted by Crippen LogP contribution is -2.41. The van der Waals surface area contributed by atoms with Crippen molar-refractivity contribution >= 4 is 23.4 Å². The number of hydrogen-bond acceptors (Lipinski definition) is 5. The molecule has 1 atom stereocenters. The molecule has 1 fully saturated rings. The first-order chi connectivity index (χ1) is 11.1. The number of carbonyl (C=O) groups excluding carboxylic acids is 2. The minimum atomic E-state index is -0.630. The fourth-order valence-corrected chi connectivity index (χ4v) is 2.34. The molecule has 0 bridgehead atoms. The number of rotatable bonds is 5. The number of anilines is 2. The Hall–Kier alpha value is -2.12. The summed E-state index contributed by atoms with van der Waals surface area (Å²) in [5.74, 6) is -0.0878. The van der Waals surface area contributed by atoms with Crippen molar-refractivity contribution in [2.24, 2.45) is 0 Å². The highest BCUT2D eigenvalue weighted by Crippen LogP contribution is 2.23. The predicted molar refractivity (Wildman–Crippen MR) is 85.7 cm³/mol. The summed E-state index contributed by atoms with van der Waals surface area (Å²) in [5, 5.41) is 9.81. The number of benzene rings is 1. The lowest BCUT2D eigenvalue weighted by Gasteiger charge is -2.28. The van der Waals surface area contributed by atoms with Crippen LogP contribution in [-0.4, -0.2) is 56.6 Å². The number of aliphatic hydroxyl groups excluding tert-OH is 1. The van der Waals surface area contributed by atoms with Gasteiger partial charge in [-0.1, -0.05) is 6.92 Å². The van der Waals surface area contributed by atoms with Crippen molar-refractivity contribution in [3.8, 4) is 0 Å². The number of methoxy groups -OCH3 is 1. The summed E-state index contributed by atoms with van der Waals surface area (Å²) >= 11 is 0. The Morgan fingerprint density at radius 1 is 1.43 bits per heavy atom. The van der Waals surface area contributed by atoms with E-state index in [1.165, 1.54) is 12.0 Å². The third-order valence-electron chi connectivity index (χ3n) is 3.72. The van der Waals surface area contributed by atoms with Crippen molar-refractivity contribution in [1.29, 1.82) is 0 Å². The van der Waals surface area contributed by atoms with Crippen LogP contribution >= 0.6 is 0 Å². The summed E-state index contributed by atoms with van der Waals surface area (Å²) in [7, 11) is 1.30. The fourth-order valence-electron chi connectivity index (χ4n) is 2.34. The molecule has 7 nitrogen and oxygen atoms in total. The van der Waals surface area contributed by atoms with Gasteiger partial charge in [-0.2, -0.15) is 0 Å². The number of aliphatic hydroxyl groups is 1. The van der Waals surface area contributed by atoms with Gasteiger partial charge < -0.3 is 19.5 Å². The molecule has 7 heteroatoms. The van der Waals surface area contributed by atoms with Crippen LogP contribution in [0.15, 0.2) is 24.3 Å². The van der Waals surface area contributed by atoms with Gasteiger partial charge in [-0.15, -0.1) is 0 Å². The molecule has 0 aliphatic carbocycles. The summed E-state index contributed by atoms with van der Waals surface area (Å²) in [6.07, 6.45) is -0.629. The molecule has 2 amide bonds. The highest BCUT2D eigenvalue weighted by atomic mass is 16.5. The van der Waals surface area contributed by atoms with E-state index in [0.29, 0.717) is 25.3 Å². The Kier molecular flexibility index (Phi) is 5.95. The Morgan fingerprint density at radius 2 is 2.13 bits per heavy atom. The van der Waals surface area contributed by atoms with E-state index in [0.717, 1.165) is 5.69 Å². The SMILES string of the molecule is CCC(O)CN(C(=O)OC)c1ccc(N2CCOCC2=O)cc1. The van der Waals surface area contributed by atoms with Gasteiger partial charge in [0.05, 0.1) is 26.4 Å². The van der Waals surface area contributed by atoms with Gasteiger partial charge in [0.15, 0.2) is 0 Å². The van der Waals surface area contributed by atoms with Crippen LogP contribution in [0.4, 0.5) is 16.2 Å². The van der Waals surface area contributed by atoms with Crippen molar-refractivity contribution < 1.29 is 24.2 Å². The Bertz CT molecular complexity index is 546. The van der Waals surface area contributed by atoms with E-state index in [9.17, 15) is 14.7 Å². The molecule has 0 saturated carbocycles. The summed E-state index contributed by atoms with van der Waals surface area (Å²) in [6, 6.07) is 7.01. The molecule has 1 unspecified atom stereocenters. The second-order valence-corrected chi connectivity index (χ2v) is 5.26. The lowest BCUT2D eigenvalue weighted by molar-refractivity contribution is -0.125. The molecule has 1 aromatic carbocycles. The number of nitrogens with zero attached hydrogens (tertiary/aromatic N) is 2. The van der Waals surface area contributed by atoms with Gasteiger partial charge in [-0.05, 0) is 30.7 Å². The average Bonchev–Trinajstić information content (AvgIpc) is 2.59. The average molecular weight is 322 g/mol. The Labute approximate surface area is 135 Å². The standard InChI is InChI=1S/C16H22N2O5/c1-3-14(19)10-18(16(21)22-2)13-6-4-12(5-7-13)17-8-9-23-11-15(17)20/h4-7,14,19H,3,8-11H2,1-2H3. The maximum atomic E-state index is 11.9. The third kappa shape index (κ3) is 4.20. The zero-order valence-corrected chi connectivity index (χ0v) is 13.4. The zero-order chi connectivity index (χ0) is 16.8. The van der Waals surface area contributed by atoms with E-state index < -0.39 is 12.2 Å². The van der Waals surface area contributed by atoms with E-state index in [4.69, 9.17) is 9.47 Å². The van der Waals surface area contributed by atoms with Crippen molar-refractivity contribution in [3.05, 3.63) is 24.3 Å². The first kappa shape index (κ1) is 17.2. The molecule has 0 aromatic heterocycles. The van der Waals surface area contributed by atoms with Crippen LogP contribution in [-0.2, 0) is 14.3 Å². The van der Waals surface area contributed by atoms with Crippen molar-refractivity contribution in [2.75, 3.05) is 43.2 Å². The molecule has 0 spiro atoms. The van der Waals surface area contributed by atoms with Crippen LogP contribution in [0, 0.1) is 0 Å². The number of ether oxygens (including phenoxy) is 2. The van der Waals surface area contributed by atoms with Gasteiger partial charge in [0.1, 0.15) is 6.61 Å². The van der Waals surface area contributed by atoms with Crippen LogP contribution in [0.3, 0.4) is 0 Å². The van der Waals surface area contributed by atoms with Gasteiger partial charge in [-0.3, -0.25) is 9.69 Å². The molecule has 1 aliphatic heterocycles. The molecule has 23 heavy (non-hydrogen) atoms. The third-order valence-corrected chi connectivity index (χ3v) is 3.72. The summed E-state index contributed by atoms with van der Waals surface area (Å²) < 4.78 is 9.88. The highest BCUT2D eigenvalue weighted by molar-refractivity contribution is 5.95. The zero-order valence-electron chi connectivity index (χ0n) is 13.4. The number of amides is 2. The largest absolute Gasteiger partial charge is 0.452 e. The van der Waals surface area contributed by atoms with Crippen molar-refractivity contribution in [2.45, 2.75) is 19.4 Å². The maximum absolute atomic E-state index is 11.9. The molecular formula is C16H22N2O5. The molecule has 1 saturated heterocycles. The van der Waals surface area contributed by atoms with Crippen molar-refractivity contribution in [3.63, 3.8) is 0 Å². The van der Waals surface area contributed by atoms with E-state index in [1.54, 1.807) is 29.2 Å². The highest BCUT2D eigenvalue weighted by Gasteiger charge is 2.22. The smallest absolute Gasteiger partial charge is 0.414 e. The van der Waals surface area contributed by atoms with Gasteiger partial charge in [-0.25, -0.2) is 4.79 Å². The van der Waals surface area contributed by atoms with Crippen LogP contribution in [0.2, 0.25) is 0 Å². The van der Waals surface area contributed by atoms with E-state index in [-0.39, 0.29) is 19.1 Å². The molecule has 1 aliphatic rings. The molecule has 1 N–H and O–H groups in total. The lowest BCUT2D eigenvalue weighted by atomic mass is 10.2. The molecule has 2 rings (SSSR count). The van der Waals surface area contributed by atoms with Gasteiger partial charge in [0.25, 0.3) is 5.91 Å². The minimum Gasteiger partial charge on any atom is -0.452 e. The number of hydrogen-bond donors (Lipinski definition) is 1. The summed E-state index contributed by atoms with van der Waals surface area (Å²) in [4.78, 5) is 26.8. The first-order valence-corrected chi connectivity index (χ1v) is 7.58. The Balaban J connectivity index is 2.17. The van der Waals surface area contributed by atoms with Crippen LogP contribution < -0.4 is 9.80 Å².